The zero-order chi connectivity index (χ0) is 22.4. The molecule has 0 unspecified atom stereocenters. The summed E-state index contributed by atoms with van der Waals surface area (Å²) in [4.78, 5) is 13.2. The van der Waals surface area contributed by atoms with E-state index in [1.165, 1.54) is 18.5 Å². The summed E-state index contributed by atoms with van der Waals surface area (Å²) in [6.07, 6.45) is 1.05. The maximum atomic E-state index is 13.2. The summed E-state index contributed by atoms with van der Waals surface area (Å²) in [5.41, 5.74) is 1.47. The summed E-state index contributed by atoms with van der Waals surface area (Å²) >= 11 is 0. The first-order chi connectivity index (χ1) is 14.7. The lowest BCUT2D eigenvalue weighted by molar-refractivity contribution is 0.00376. The first-order valence-electron chi connectivity index (χ1n) is 10.3. The monoisotopic (exact) mass is 445 g/mol. The Hall–Kier alpha value is -2.58. The molecule has 166 valence electrons. The predicted molar refractivity (Wildman–Crippen MR) is 116 cm³/mol. The summed E-state index contributed by atoms with van der Waals surface area (Å²) in [5, 5.41) is 0. The van der Waals surface area contributed by atoms with Gasteiger partial charge in [0.1, 0.15) is 5.60 Å². The van der Waals surface area contributed by atoms with Crippen molar-refractivity contribution in [1.29, 1.82) is 0 Å². The van der Waals surface area contributed by atoms with Crippen molar-refractivity contribution < 1.29 is 27.4 Å². The van der Waals surface area contributed by atoms with Crippen LogP contribution >= 0.6 is 0 Å². The third-order valence-electron chi connectivity index (χ3n) is 6.18. The molecule has 8 heteroatoms. The third kappa shape index (κ3) is 3.68. The fraction of sp³-hybridized carbons (Fsp3) is 0.435. The van der Waals surface area contributed by atoms with E-state index in [2.05, 4.69) is 0 Å². The molecule has 2 aliphatic heterocycles. The van der Waals surface area contributed by atoms with Crippen LogP contribution in [0.25, 0.3) is 0 Å². The largest absolute Gasteiger partial charge is 0.493 e. The molecule has 31 heavy (non-hydrogen) atoms. The molecular weight excluding hydrogens is 418 g/mol. The van der Waals surface area contributed by atoms with Gasteiger partial charge in [-0.3, -0.25) is 4.79 Å². The lowest BCUT2D eigenvalue weighted by Crippen LogP contribution is -2.52. The molecule has 0 amide bonds. The smallest absolute Gasteiger partial charge is 0.243 e. The van der Waals surface area contributed by atoms with Gasteiger partial charge in [0, 0.05) is 25.9 Å². The van der Waals surface area contributed by atoms with E-state index in [0.717, 1.165) is 11.1 Å². The van der Waals surface area contributed by atoms with Crippen LogP contribution in [0.2, 0.25) is 0 Å². The van der Waals surface area contributed by atoms with Crippen LogP contribution in [-0.2, 0) is 10.0 Å². The lowest BCUT2D eigenvalue weighted by atomic mass is 9.83. The Morgan fingerprint density at radius 3 is 2.35 bits per heavy atom. The topological polar surface area (TPSA) is 82.1 Å². The summed E-state index contributed by atoms with van der Waals surface area (Å²) in [5.74, 6) is 1.22. The molecule has 0 aromatic heterocycles. The van der Waals surface area contributed by atoms with Crippen LogP contribution < -0.4 is 14.2 Å². The molecule has 0 atom stereocenters. The van der Waals surface area contributed by atoms with E-state index < -0.39 is 15.6 Å². The standard InChI is InChI=1S/C23H27NO6S/c1-15-5-8-20(16(2)13-15)31(26,27)24-11-9-23(10-12-24)14-18(25)17-6-7-19(28-3)22(29-4)21(17)30-23/h5-8,13H,9-12,14H2,1-4H3. The van der Waals surface area contributed by atoms with Crippen LogP contribution in [0, 0.1) is 13.8 Å². The Morgan fingerprint density at radius 1 is 1.03 bits per heavy atom. The molecule has 7 nitrogen and oxygen atoms in total. The zero-order valence-corrected chi connectivity index (χ0v) is 19.0. The number of carbonyl (C=O) groups is 1. The number of ketones is 1. The Morgan fingerprint density at radius 2 is 1.74 bits per heavy atom. The van der Waals surface area contributed by atoms with E-state index >= 15 is 0 Å². The number of piperidine rings is 1. The minimum absolute atomic E-state index is 0.0344. The molecule has 2 heterocycles. The number of hydrogen-bond donors (Lipinski definition) is 0. The van der Waals surface area contributed by atoms with E-state index in [-0.39, 0.29) is 25.3 Å². The van der Waals surface area contributed by atoms with Crippen LogP contribution in [0.5, 0.6) is 17.2 Å². The molecule has 0 bridgehead atoms. The van der Waals surface area contributed by atoms with Crippen LogP contribution in [0.4, 0.5) is 0 Å². The molecule has 1 saturated heterocycles. The molecule has 4 rings (SSSR count). The van der Waals surface area contributed by atoms with E-state index in [4.69, 9.17) is 14.2 Å². The van der Waals surface area contributed by atoms with E-state index in [1.807, 2.05) is 26.0 Å². The second kappa shape index (κ2) is 7.84. The number of benzene rings is 2. The molecule has 0 aliphatic carbocycles. The Balaban J connectivity index is 1.59. The van der Waals surface area contributed by atoms with Crippen molar-refractivity contribution in [3.63, 3.8) is 0 Å². The highest BCUT2D eigenvalue weighted by Gasteiger charge is 2.46. The van der Waals surface area contributed by atoms with Gasteiger partial charge in [-0.2, -0.15) is 4.31 Å². The molecule has 1 spiro atoms. The number of rotatable bonds is 4. The first-order valence-corrected chi connectivity index (χ1v) is 11.7. The van der Waals surface area contributed by atoms with Crippen LogP contribution in [0.15, 0.2) is 35.2 Å². The van der Waals surface area contributed by atoms with E-state index in [9.17, 15) is 13.2 Å². The summed E-state index contributed by atoms with van der Waals surface area (Å²) in [7, 11) is -0.579. The summed E-state index contributed by atoms with van der Waals surface area (Å²) in [6.45, 7) is 4.31. The lowest BCUT2D eigenvalue weighted by Gasteiger charge is -2.43. The van der Waals surface area contributed by atoms with E-state index in [1.54, 1.807) is 18.2 Å². The first kappa shape index (κ1) is 21.6. The van der Waals surface area contributed by atoms with Crippen LogP contribution in [0.3, 0.4) is 0 Å². The van der Waals surface area contributed by atoms with Gasteiger partial charge in [-0.25, -0.2) is 8.42 Å². The Bertz CT molecular complexity index is 1130. The van der Waals surface area contributed by atoms with Crippen LogP contribution in [0.1, 0.15) is 40.7 Å². The van der Waals surface area contributed by atoms with Gasteiger partial charge in [0.25, 0.3) is 0 Å². The van der Waals surface area contributed by atoms with Gasteiger partial charge in [-0.15, -0.1) is 0 Å². The number of aryl methyl sites for hydroxylation is 2. The van der Waals surface area contributed by atoms with Crippen molar-refractivity contribution in [3.8, 4) is 17.2 Å². The van der Waals surface area contributed by atoms with Crippen molar-refractivity contribution in [2.24, 2.45) is 0 Å². The molecular formula is C23H27NO6S. The molecule has 0 saturated carbocycles. The molecule has 2 aromatic carbocycles. The molecule has 2 aromatic rings. The number of ether oxygens (including phenoxy) is 3. The van der Waals surface area contributed by atoms with Gasteiger partial charge in [0.15, 0.2) is 17.3 Å². The third-order valence-corrected chi connectivity index (χ3v) is 8.24. The number of sulfonamides is 1. The van der Waals surface area contributed by atoms with Gasteiger partial charge < -0.3 is 14.2 Å². The SMILES string of the molecule is COc1ccc2c(c1OC)OC1(CCN(S(=O)(=O)c3ccc(C)cc3C)CC1)CC2=O. The van der Waals surface area contributed by atoms with Crippen molar-refractivity contribution >= 4 is 15.8 Å². The average molecular weight is 446 g/mol. The number of nitrogens with zero attached hydrogens (tertiary/aromatic N) is 1. The summed E-state index contributed by atoms with van der Waals surface area (Å²) < 4.78 is 45.1. The predicted octanol–water partition coefficient (Wildman–Crippen LogP) is 3.51. The van der Waals surface area contributed by atoms with E-state index in [0.29, 0.717) is 40.5 Å². The Labute approximate surface area is 183 Å². The second-order valence-corrected chi connectivity index (χ2v) is 10.1. The van der Waals surface area contributed by atoms with Crippen LogP contribution in [-0.4, -0.2) is 51.4 Å². The van der Waals surface area contributed by atoms with Crippen molar-refractivity contribution in [1.82, 2.24) is 4.31 Å². The van der Waals surface area contributed by atoms with Gasteiger partial charge in [-0.1, -0.05) is 17.7 Å². The normalized spacial score (nSPS) is 18.4. The summed E-state index contributed by atoms with van der Waals surface area (Å²) in [6, 6.07) is 8.72. The number of Topliss-reactive ketones (excluding diaryl/α,β-unsaturated/α-hetero) is 1. The highest BCUT2D eigenvalue weighted by Crippen LogP contribution is 2.48. The van der Waals surface area contributed by atoms with Crippen molar-refractivity contribution in [3.05, 3.63) is 47.0 Å². The highest BCUT2D eigenvalue weighted by molar-refractivity contribution is 7.89. The number of fused-ring (bicyclic) bond motifs is 1. The van der Waals surface area contributed by atoms with Gasteiger partial charge in [0.05, 0.1) is 31.1 Å². The average Bonchev–Trinajstić information content (AvgIpc) is 2.72. The second-order valence-electron chi connectivity index (χ2n) is 8.24. The number of methoxy groups -OCH3 is 2. The van der Waals surface area contributed by atoms with Gasteiger partial charge in [-0.05, 0) is 37.6 Å². The van der Waals surface area contributed by atoms with Gasteiger partial charge >= 0.3 is 0 Å². The van der Waals surface area contributed by atoms with Crippen molar-refractivity contribution in [2.45, 2.75) is 43.6 Å². The fourth-order valence-electron chi connectivity index (χ4n) is 4.50. The minimum atomic E-state index is -3.61. The molecule has 2 aliphatic rings. The molecule has 0 N–H and O–H groups in total. The molecule has 0 radical (unpaired) electrons. The molecule has 1 fully saturated rings. The number of carbonyl (C=O) groups excluding carboxylic acids is 1. The quantitative estimate of drug-likeness (QED) is 0.716. The highest BCUT2D eigenvalue weighted by atomic mass is 32.2. The maximum absolute atomic E-state index is 13.2. The fourth-order valence-corrected chi connectivity index (χ4v) is 6.15. The Kier molecular flexibility index (Phi) is 5.47. The maximum Gasteiger partial charge on any atom is 0.243 e. The van der Waals surface area contributed by atoms with Gasteiger partial charge in [0.2, 0.25) is 15.8 Å². The zero-order valence-electron chi connectivity index (χ0n) is 18.2. The number of hydrogen-bond acceptors (Lipinski definition) is 6. The minimum Gasteiger partial charge on any atom is -0.493 e. The van der Waals surface area contributed by atoms with Crippen molar-refractivity contribution in [2.75, 3.05) is 27.3 Å².